The summed E-state index contributed by atoms with van der Waals surface area (Å²) >= 11 is 0. The molecule has 140 valence electrons. The van der Waals surface area contributed by atoms with Gasteiger partial charge in [-0.1, -0.05) is 30.3 Å². The molecule has 0 radical (unpaired) electrons. The summed E-state index contributed by atoms with van der Waals surface area (Å²) in [5.41, 5.74) is 2.74. The van der Waals surface area contributed by atoms with E-state index in [4.69, 9.17) is 9.47 Å². The lowest BCUT2D eigenvalue weighted by Crippen LogP contribution is -2.28. The number of aromatic nitrogens is 1. The van der Waals surface area contributed by atoms with Gasteiger partial charge in [0.2, 0.25) is 0 Å². The number of carbonyl (C=O) groups is 1. The van der Waals surface area contributed by atoms with Gasteiger partial charge >= 0.3 is 0 Å². The molecule has 1 amide bonds. The average molecular weight is 364 g/mol. The summed E-state index contributed by atoms with van der Waals surface area (Å²) in [6.07, 6.45) is 1.93. The standard InChI is InChI=1S/C22H24N2O3/c1-23(16-18-11-12-19(26-2)14-21(18)27-3)22(25)20-10-7-13-24(20)15-17-8-5-4-6-9-17/h4-14H,15-16H2,1-3H3. The summed E-state index contributed by atoms with van der Waals surface area (Å²) in [4.78, 5) is 14.7. The van der Waals surface area contributed by atoms with Crippen LogP contribution in [0.15, 0.2) is 66.9 Å². The van der Waals surface area contributed by atoms with Crippen LogP contribution in [0.4, 0.5) is 0 Å². The second-order valence-corrected chi connectivity index (χ2v) is 6.35. The lowest BCUT2D eigenvalue weighted by molar-refractivity contribution is 0.0774. The Balaban J connectivity index is 1.76. The minimum absolute atomic E-state index is 0.0335. The molecule has 3 rings (SSSR count). The van der Waals surface area contributed by atoms with E-state index < -0.39 is 0 Å². The Kier molecular flexibility index (Phi) is 5.81. The smallest absolute Gasteiger partial charge is 0.270 e. The highest BCUT2D eigenvalue weighted by atomic mass is 16.5. The number of carbonyl (C=O) groups excluding carboxylic acids is 1. The van der Waals surface area contributed by atoms with E-state index in [1.807, 2.05) is 59.3 Å². The minimum Gasteiger partial charge on any atom is -0.497 e. The SMILES string of the molecule is COc1ccc(CN(C)C(=O)c2cccn2Cc2ccccc2)c(OC)c1. The highest BCUT2D eigenvalue weighted by Gasteiger charge is 2.17. The number of hydrogen-bond donors (Lipinski definition) is 0. The maximum Gasteiger partial charge on any atom is 0.270 e. The van der Waals surface area contributed by atoms with Crippen LogP contribution in [-0.2, 0) is 13.1 Å². The number of amides is 1. The van der Waals surface area contributed by atoms with Crippen LogP contribution in [-0.4, -0.2) is 36.6 Å². The van der Waals surface area contributed by atoms with Crippen molar-refractivity contribution in [1.82, 2.24) is 9.47 Å². The van der Waals surface area contributed by atoms with Crippen LogP contribution in [0.5, 0.6) is 11.5 Å². The fourth-order valence-corrected chi connectivity index (χ4v) is 3.03. The molecule has 5 heteroatoms. The summed E-state index contributed by atoms with van der Waals surface area (Å²) in [6.45, 7) is 1.11. The van der Waals surface area contributed by atoms with Crippen molar-refractivity contribution < 1.29 is 14.3 Å². The number of ether oxygens (including phenoxy) is 2. The highest BCUT2D eigenvalue weighted by molar-refractivity contribution is 5.92. The Morgan fingerprint density at radius 1 is 1.00 bits per heavy atom. The van der Waals surface area contributed by atoms with Crippen LogP contribution in [0.25, 0.3) is 0 Å². The van der Waals surface area contributed by atoms with Gasteiger partial charge in [0.1, 0.15) is 17.2 Å². The van der Waals surface area contributed by atoms with Crippen molar-refractivity contribution in [1.29, 1.82) is 0 Å². The van der Waals surface area contributed by atoms with E-state index >= 15 is 0 Å². The highest BCUT2D eigenvalue weighted by Crippen LogP contribution is 2.26. The summed E-state index contributed by atoms with van der Waals surface area (Å²) in [5.74, 6) is 1.39. The van der Waals surface area contributed by atoms with Crippen molar-refractivity contribution in [3.8, 4) is 11.5 Å². The van der Waals surface area contributed by atoms with Gasteiger partial charge in [0.25, 0.3) is 5.91 Å². The van der Waals surface area contributed by atoms with E-state index in [1.165, 1.54) is 0 Å². The zero-order valence-electron chi connectivity index (χ0n) is 15.9. The van der Waals surface area contributed by atoms with Crippen LogP contribution in [0.3, 0.4) is 0 Å². The molecule has 1 heterocycles. The largest absolute Gasteiger partial charge is 0.497 e. The first-order valence-corrected chi connectivity index (χ1v) is 8.78. The van der Waals surface area contributed by atoms with Crippen LogP contribution >= 0.6 is 0 Å². The lowest BCUT2D eigenvalue weighted by Gasteiger charge is -2.20. The van der Waals surface area contributed by atoms with E-state index in [9.17, 15) is 4.79 Å². The van der Waals surface area contributed by atoms with Crippen molar-refractivity contribution in [3.05, 3.63) is 83.7 Å². The zero-order valence-corrected chi connectivity index (χ0v) is 15.9. The van der Waals surface area contributed by atoms with Crippen molar-refractivity contribution in [2.75, 3.05) is 21.3 Å². The van der Waals surface area contributed by atoms with Gasteiger partial charge in [-0.3, -0.25) is 4.79 Å². The van der Waals surface area contributed by atoms with Gasteiger partial charge in [-0.2, -0.15) is 0 Å². The molecule has 5 nitrogen and oxygen atoms in total. The Morgan fingerprint density at radius 3 is 2.48 bits per heavy atom. The third-order valence-electron chi connectivity index (χ3n) is 4.49. The predicted octanol–water partition coefficient (Wildman–Crippen LogP) is 3.83. The minimum atomic E-state index is -0.0335. The summed E-state index contributed by atoms with van der Waals surface area (Å²) in [6, 6.07) is 19.5. The number of nitrogens with zero attached hydrogens (tertiary/aromatic N) is 2. The summed E-state index contributed by atoms with van der Waals surface area (Å²) in [7, 11) is 5.03. The average Bonchev–Trinajstić information content (AvgIpc) is 3.16. The Morgan fingerprint density at radius 2 is 1.78 bits per heavy atom. The van der Waals surface area contributed by atoms with Gasteiger partial charge < -0.3 is 18.9 Å². The first-order valence-electron chi connectivity index (χ1n) is 8.78. The van der Waals surface area contributed by atoms with Gasteiger partial charge in [0.05, 0.1) is 14.2 Å². The van der Waals surface area contributed by atoms with E-state index in [2.05, 4.69) is 12.1 Å². The number of methoxy groups -OCH3 is 2. The molecule has 0 aliphatic heterocycles. The van der Waals surface area contributed by atoms with Crippen LogP contribution < -0.4 is 9.47 Å². The Hall–Kier alpha value is -3.21. The molecule has 0 aliphatic carbocycles. The first-order chi connectivity index (χ1) is 13.1. The normalized spacial score (nSPS) is 10.5. The molecule has 0 fully saturated rings. The fraction of sp³-hybridized carbons (Fsp3) is 0.227. The second-order valence-electron chi connectivity index (χ2n) is 6.35. The van der Waals surface area contributed by atoms with E-state index in [-0.39, 0.29) is 5.91 Å². The van der Waals surface area contributed by atoms with Gasteiger partial charge in [0.15, 0.2) is 0 Å². The monoisotopic (exact) mass is 364 g/mol. The molecule has 1 aromatic heterocycles. The molecular weight excluding hydrogens is 340 g/mol. The van der Waals surface area contributed by atoms with Gasteiger partial charge in [-0.05, 0) is 29.8 Å². The molecule has 0 saturated heterocycles. The topological polar surface area (TPSA) is 43.7 Å². The lowest BCUT2D eigenvalue weighted by atomic mass is 10.1. The van der Waals surface area contributed by atoms with Crippen molar-refractivity contribution in [3.63, 3.8) is 0 Å². The molecule has 0 spiro atoms. The molecule has 27 heavy (non-hydrogen) atoms. The molecule has 0 atom stereocenters. The number of benzene rings is 2. The molecular formula is C22H24N2O3. The summed E-state index contributed by atoms with van der Waals surface area (Å²) < 4.78 is 12.6. The van der Waals surface area contributed by atoms with Crippen LogP contribution in [0.1, 0.15) is 21.6 Å². The number of rotatable bonds is 7. The van der Waals surface area contributed by atoms with Crippen LogP contribution in [0.2, 0.25) is 0 Å². The molecule has 0 N–H and O–H groups in total. The Bertz CT molecular complexity index is 903. The molecule has 0 saturated carbocycles. The van der Waals surface area contributed by atoms with Crippen molar-refractivity contribution in [2.24, 2.45) is 0 Å². The molecule has 2 aromatic carbocycles. The summed E-state index contributed by atoms with van der Waals surface area (Å²) in [5, 5.41) is 0. The van der Waals surface area contributed by atoms with Gasteiger partial charge in [-0.25, -0.2) is 0 Å². The molecule has 0 aliphatic rings. The van der Waals surface area contributed by atoms with Gasteiger partial charge in [0, 0.05) is 38.0 Å². The van der Waals surface area contributed by atoms with Crippen LogP contribution in [0, 0.1) is 0 Å². The molecule has 3 aromatic rings. The van der Waals surface area contributed by atoms with E-state index in [1.54, 1.807) is 26.2 Å². The molecule has 0 unspecified atom stereocenters. The van der Waals surface area contributed by atoms with E-state index in [0.717, 1.165) is 16.9 Å². The second kappa shape index (κ2) is 8.45. The first kappa shape index (κ1) is 18.6. The third-order valence-corrected chi connectivity index (χ3v) is 4.49. The third kappa shape index (κ3) is 4.31. The Labute approximate surface area is 159 Å². The van der Waals surface area contributed by atoms with Crippen molar-refractivity contribution in [2.45, 2.75) is 13.1 Å². The maximum atomic E-state index is 13.0. The van der Waals surface area contributed by atoms with E-state index in [0.29, 0.717) is 24.5 Å². The predicted molar refractivity (Wildman–Crippen MR) is 105 cm³/mol. The fourth-order valence-electron chi connectivity index (χ4n) is 3.03. The van der Waals surface area contributed by atoms with Gasteiger partial charge in [-0.15, -0.1) is 0 Å². The number of hydrogen-bond acceptors (Lipinski definition) is 3. The zero-order chi connectivity index (χ0) is 19.2. The quantitative estimate of drug-likeness (QED) is 0.640. The molecule has 0 bridgehead atoms. The van der Waals surface area contributed by atoms with Crippen molar-refractivity contribution >= 4 is 5.91 Å². The maximum absolute atomic E-state index is 13.0.